The van der Waals surface area contributed by atoms with Gasteiger partial charge < -0.3 is 30.5 Å². The van der Waals surface area contributed by atoms with E-state index in [0.29, 0.717) is 23.4 Å². The van der Waals surface area contributed by atoms with Crippen molar-refractivity contribution in [1.82, 2.24) is 19.5 Å². The van der Waals surface area contributed by atoms with E-state index in [1.54, 1.807) is 10.6 Å². The zero-order chi connectivity index (χ0) is 27.1. The number of hydrogen-bond acceptors (Lipinski definition) is 9. The van der Waals surface area contributed by atoms with Crippen molar-refractivity contribution < 1.29 is 25.2 Å². The van der Waals surface area contributed by atoms with Crippen molar-refractivity contribution in [2.75, 3.05) is 11.9 Å². The second-order valence-electron chi connectivity index (χ2n) is 12.1. The molecule has 3 aromatic rings. The largest absolute Gasteiger partial charge is 0.508 e. The quantitative estimate of drug-likeness (QED) is 0.293. The molecule has 2 aromatic heterocycles. The summed E-state index contributed by atoms with van der Waals surface area (Å²) in [5.74, 6) is 1.61. The molecule has 0 amide bonds. The third-order valence-electron chi connectivity index (χ3n) is 10.2. The molecular weight excluding hydrogens is 502 g/mol. The van der Waals surface area contributed by atoms with E-state index in [4.69, 9.17) is 9.72 Å². The topological polar surface area (TPSA) is 166 Å². The molecule has 9 atom stereocenters. The molecule has 0 bridgehead atoms. The minimum absolute atomic E-state index is 0.0869. The maximum absolute atomic E-state index is 13.0. The highest BCUT2D eigenvalue weighted by Crippen LogP contribution is 2.62. The highest BCUT2D eigenvalue weighted by atomic mass is 16.5. The molecule has 1 aromatic carbocycles. The summed E-state index contributed by atoms with van der Waals surface area (Å²) in [6, 6.07) is 5.38. The van der Waals surface area contributed by atoms with Crippen molar-refractivity contribution in [3.63, 3.8) is 0 Å². The van der Waals surface area contributed by atoms with Crippen LogP contribution in [0, 0.1) is 17.3 Å². The number of rotatable bonds is 4. The lowest BCUT2D eigenvalue weighted by molar-refractivity contribution is -0.0432. The van der Waals surface area contributed by atoms with Gasteiger partial charge in [-0.3, -0.25) is 14.3 Å². The van der Waals surface area contributed by atoms with Gasteiger partial charge in [0.2, 0.25) is 5.95 Å². The third-order valence-corrected chi connectivity index (χ3v) is 10.2. The number of aromatic nitrogens is 4. The third kappa shape index (κ3) is 3.81. The summed E-state index contributed by atoms with van der Waals surface area (Å²) in [4.78, 5) is 24.8. The Morgan fingerprint density at radius 2 is 2.05 bits per heavy atom. The Balaban J connectivity index is 1.25. The lowest BCUT2D eigenvalue weighted by Gasteiger charge is -2.51. The summed E-state index contributed by atoms with van der Waals surface area (Å²) in [7, 11) is 0. The summed E-state index contributed by atoms with van der Waals surface area (Å²) in [6.07, 6.45) is 3.92. The van der Waals surface area contributed by atoms with Gasteiger partial charge in [-0.1, -0.05) is 13.0 Å². The van der Waals surface area contributed by atoms with Gasteiger partial charge in [0.1, 0.15) is 18.1 Å². The number of aliphatic hydroxyl groups is 3. The normalized spacial score (nSPS) is 37.4. The van der Waals surface area contributed by atoms with Gasteiger partial charge in [0.25, 0.3) is 5.56 Å². The van der Waals surface area contributed by atoms with E-state index >= 15 is 0 Å². The SMILES string of the molecule is C[C@]12CC[C@@H]3c4ccc(O)cc4[C@@H](Nc4nc5c(ncn5[C@H]5C[C@H](O)[C@@H](CO)O5)c(=O)[nH]4)C[C@H]3[C@@H]1CC[C@@H]2O. The number of aliphatic hydroxyl groups excluding tert-OH is 3. The molecule has 2 saturated carbocycles. The van der Waals surface area contributed by atoms with Crippen LogP contribution in [0.2, 0.25) is 0 Å². The number of imidazole rings is 1. The monoisotopic (exact) mass is 537 g/mol. The predicted octanol–water partition coefficient (Wildman–Crippen LogP) is 2.29. The molecule has 1 aliphatic heterocycles. The van der Waals surface area contributed by atoms with Crippen LogP contribution in [0.25, 0.3) is 11.2 Å². The van der Waals surface area contributed by atoms with Crippen LogP contribution in [0.1, 0.15) is 74.8 Å². The molecule has 0 radical (unpaired) electrons. The minimum atomic E-state index is -0.827. The molecule has 6 N–H and O–H groups in total. The van der Waals surface area contributed by atoms with Crippen molar-refractivity contribution in [2.24, 2.45) is 17.3 Å². The van der Waals surface area contributed by atoms with Crippen molar-refractivity contribution >= 4 is 17.1 Å². The van der Waals surface area contributed by atoms with Crippen LogP contribution in [0.5, 0.6) is 5.75 Å². The number of nitrogens with zero attached hydrogens (tertiary/aromatic N) is 3. The molecule has 11 nitrogen and oxygen atoms in total. The van der Waals surface area contributed by atoms with Crippen molar-refractivity contribution in [3.05, 3.63) is 46.0 Å². The molecule has 0 spiro atoms. The number of nitrogens with one attached hydrogen (secondary N) is 2. The van der Waals surface area contributed by atoms with E-state index in [1.165, 1.54) is 11.9 Å². The Labute approximate surface area is 224 Å². The Kier molecular flexibility index (Phi) is 5.78. The van der Waals surface area contributed by atoms with E-state index < -0.39 is 24.0 Å². The highest BCUT2D eigenvalue weighted by Gasteiger charge is 2.55. The van der Waals surface area contributed by atoms with E-state index in [-0.39, 0.29) is 47.8 Å². The number of ether oxygens (including phenoxy) is 1. The number of anilines is 1. The average Bonchev–Trinajstić information content (AvgIpc) is 3.59. The van der Waals surface area contributed by atoms with Crippen LogP contribution < -0.4 is 10.9 Å². The number of phenolic OH excluding ortho intramolecular Hbond substituents is 1. The summed E-state index contributed by atoms with van der Waals surface area (Å²) < 4.78 is 7.41. The lowest BCUT2D eigenvalue weighted by Crippen LogP contribution is -2.45. The highest BCUT2D eigenvalue weighted by molar-refractivity contribution is 5.71. The van der Waals surface area contributed by atoms with Crippen LogP contribution in [-0.4, -0.2) is 64.9 Å². The second-order valence-corrected chi connectivity index (χ2v) is 12.1. The molecule has 3 fully saturated rings. The first kappa shape index (κ1) is 25.0. The van der Waals surface area contributed by atoms with Gasteiger partial charge in [-0.2, -0.15) is 4.98 Å². The van der Waals surface area contributed by atoms with Crippen LogP contribution in [0.4, 0.5) is 5.95 Å². The fourth-order valence-corrected chi connectivity index (χ4v) is 8.13. The number of fused-ring (bicyclic) bond motifs is 6. The molecule has 0 unspecified atom stereocenters. The molecule has 3 heterocycles. The van der Waals surface area contributed by atoms with E-state index in [9.17, 15) is 25.2 Å². The lowest BCUT2D eigenvalue weighted by atomic mass is 9.54. The van der Waals surface area contributed by atoms with Gasteiger partial charge in [0, 0.05) is 6.42 Å². The molecule has 3 aliphatic carbocycles. The second kappa shape index (κ2) is 9.02. The first-order chi connectivity index (χ1) is 18.8. The van der Waals surface area contributed by atoms with E-state index in [2.05, 4.69) is 22.2 Å². The Bertz CT molecular complexity index is 1470. The van der Waals surface area contributed by atoms with Crippen molar-refractivity contribution in [3.8, 4) is 5.75 Å². The summed E-state index contributed by atoms with van der Waals surface area (Å²) >= 11 is 0. The van der Waals surface area contributed by atoms with Gasteiger partial charge >= 0.3 is 0 Å². The number of benzene rings is 1. The Morgan fingerprint density at radius 3 is 2.85 bits per heavy atom. The first-order valence-electron chi connectivity index (χ1n) is 14.0. The molecule has 11 heteroatoms. The zero-order valence-electron chi connectivity index (χ0n) is 21.8. The molecule has 39 heavy (non-hydrogen) atoms. The Hall–Kier alpha value is -2.99. The molecular formula is C28H35N5O6. The maximum Gasteiger partial charge on any atom is 0.280 e. The Morgan fingerprint density at radius 1 is 1.21 bits per heavy atom. The van der Waals surface area contributed by atoms with Crippen LogP contribution >= 0.6 is 0 Å². The number of aromatic hydroxyl groups is 1. The van der Waals surface area contributed by atoms with E-state index in [0.717, 1.165) is 37.7 Å². The number of hydrogen-bond donors (Lipinski definition) is 6. The smallest absolute Gasteiger partial charge is 0.280 e. The van der Waals surface area contributed by atoms with Crippen LogP contribution in [0.15, 0.2) is 29.3 Å². The van der Waals surface area contributed by atoms with Gasteiger partial charge in [-0.25, -0.2) is 4.98 Å². The summed E-state index contributed by atoms with van der Waals surface area (Å²) in [5, 5.41) is 44.4. The van der Waals surface area contributed by atoms with E-state index in [1.807, 2.05) is 12.1 Å². The fourth-order valence-electron chi connectivity index (χ4n) is 8.13. The van der Waals surface area contributed by atoms with Crippen LogP contribution in [0.3, 0.4) is 0 Å². The van der Waals surface area contributed by atoms with Gasteiger partial charge in [-0.15, -0.1) is 0 Å². The molecule has 7 rings (SSSR count). The van der Waals surface area contributed by atoms with Crippen LogP contribution in [-0.2, 0) is 4.74 Å². The number of phenols is 1. The zero-order valence-corrected chi connectivity index (χ0v) is 21.8. The molecule has 1 saturated heterocycles. The van der Waals surface area contributed by atoms with Gasteiger partial charge in [-0.05, 0) is 78.5 Å². The maximum atomic E-state index is 13.0. The summed E-state index contributed by atoms with van der Waals surface area (Å²) in [6.45, 7) is 1.93. The van der Waals surface area contributed by atoms with Crippen molar-refractivity contribution in [1.29, 1.82) is 0 Å². The average molecular weight is 538 g/mol. The van der Waals surface area contributed by atoms with Crippen molar-refractivity contribution in [2.45, 2.75) is 81.9 Å². The standard InChI is InChI=1S/C28H35N5O6/c1-28-7-6-15-14-3-2-13(35)8-17(14)19(9-16(15)18(28)4-5-22(28)37)30-27-31-25-24(26(38)32-27)29-12-33(25)23-10-20(36)21(11-34)39-23/h2-3,8,12,15-16,18-23,34-37H,4-7,9-11H2,1H3,(H2,30,31,32,38)/t15-,16-,18+,19+,20+,21-,22+,23-,28+/m1/s1. The van der Waals surface area contributed by atoms with Gasteiger partial charge in [0.15, 0.2) is 11.2 Å². The number of aromatic amines is 1. The molecule has 4 aliphatic rings. The van der Waals surface area contributed by atoms with Gasteiger partial charge in [0.05, 0.1) is 31.2 Å². The summed E-state index contributed by atoms with van der Waals surface area (Å²) in [5.41, 5.74) is 2.22. The number of H-pyrrole nitrogens is 1. The first-order valence-corrected chi connectivity index (χ1v) is 14.0. The fraction of sp³-hybridized carbons (Fsp3) is 0.607. The predicted molar refractivity (Wildman–Crippen MR) is 141 cm³/mol. The minimum Gasteiger partial charge on any atom is -0.508 e. The molecule has 208 valence electrons.